The average molecular weight is 528 g/mol. The smallest absolute Gasteiger partial charge is 0.368 e. The minimum atomic E-state index is -5.03. The van der Waals surface area contributed by atoms with Crippen LogP contribution in [0.25, 0.3) is 22.2 Å². The Hall–Kier alpha value is -3.50. The normalized spacial score (nSPS) is 13.2. The number of fused-ring (bicyclic) bond motifs is 1. The standard InChI is InChI=1S/C26H27F6N3O2/c1-23(2,3)34-22(37)24(4,5)16-6-7-19-15(8-16)11-20(35(19)13-21(33)36)14-9-17(25(27,28)29)12-18(10-14)26(30,31)32/h6-12H,13H2,1-5H3,(H2,33,36)(H,34,37). The van der Waals surface area contributed by atoms with E-state index in [2.05, 4.69) is 5.32 Å². The molecule has 3 aromatic rings. The summed E-state index contributed by atoms with van der Waals surface area (Å²) in [5.74, 6) is -1.11. The summed E-state index contributed by atoms with van der Waals surface area (Å²) in [6, 6.07) is 7.43. The molecule has 37 heavy (non-hydrogen) atoms. The fourth-order valence-corrected chi connectivity index (χ4v) is 3.96. The van der Waals surface area contributed by atoms with Gasteiger partial charge < -0.3 is 15.6 Å². The van der Waals surface area contributed by atoms with E-state index in [-0.39, 0.29) is 23.2 Å². The van der Waals surface area contributed by atoms with Crippen molar-refractivity contribution in [3.63, 3.8) is 0 Å². The molecule has 2 amide bonds. The molecule has 0 bridgehead atoms. The van der Waals surface area contributed by atoms with E-state index in [0.29, 0.717) is 28.6 Å². The summed E-state index contributed by atoms with van der Waals surface area (Å²) in [7, 11) is 0. The number of primary amides is 1. The largest absolute Gasteiger partial charge is 0.416 e. The molecule has 5 nitrogen and oxygen atoms in total. The Kier molecular flexibility index (Phi) is 6.91. The van der Waals surface area contributed by atoms with Crippen molar-refractivity contribution < 1.29 is 35.9 Å². The van der Waals surface area contributed by atoms with Crippen LogP contribution in [0.1, 0.15) is 51.3 Å². The number of rotatable bonds is 5. The zero-order valence-corrected chi connectivity index (χ0v) is 20.9. The van der Waals surface area contributed by atoms with Crippen LogP contribution in [-0.4, -0.2) is 21.9 Å². The number of nitrogens with zero attached hydrogens (tertiary/aromatic N) is 1. The van der Waals surface area contributed by atoms with E-state index in [0.717, 1.165) is 0 Å². The molecule has 11 heteroatoms. The second-order valence-electron chi connectivity index (χ2n) is 10.5. The number of nitrogens with one attached hydrogen (secondary N) is 1. The zero-order chi connectivity index (χ0) is 28.1. The maximum atomic E-state index is 13.5. The first kappa shape index (κ1) is 28.1. The van der Waals surface area contributed by atoms with Gasteiger partial charge >= 0.3 is 12.4 Å². The fraction of sp³-hybridized carbons (Fsp3) is 0.385. The molecule has 0 aliphatic heterocycles. The van der Waals surface area contributed by atoms with Gasteiger partial charge in [-0.3, -0.25) is 9.59 Å². The van der Waals surface area contributed by atoms with Crippen LogP contribution in [0.5, 0.6) is 0 Å². The van der Waals surface area contributed by atoms with Gasteiger partial charge in [-0.05, 0) is 82.1 Å². The molecule has 1 aromatic heterocycles. The number of carbonyl (C=O) groups excluding carboxylic acids is 2. The first-order valence-electron chi connectivity index (χ1n) is 11.2. The van der Waals surface area contributed by atoms with E-state index in [1.807, 2.05) is 20.8 Å². The van der Waals surface area contributed by atoms with E-state index in [1.165, 1.54) is 10.6 Å². The maximum Gasteiger partial charge on any atom is 0.416 e. The number of halogens is 6. The highest BCUT2D eigenvalue weighted by molar-refractivity contribution is 5.93. The third-order valence-electron chi connectivity index (χ3n) is 5.88. The third-order valence-corrected chi connectivity index (χ3v) is 5.88. The van der Waals surface area contributed by atoms with Gasteiger partial charge in [-0.1, -0.05) is 6.07 Å². The molecule has 0 saturated carbocycles. The Bertz CT molecular complexity index is 1330. The fourth-order valence-electron chi connectivity index (χ4n) is 3.96. The highest BCUT2D eigenvalue weighted by Gasteiger charge is 2.37. The van der Waals surface area contributed by atoms with Crippen LogP contribution in [-0.2, 0) is 33.9 Å². The summed E-state index contributed by atoms with van der Waals surface area (Å²) in [6.07, 6.45) is -10.1. The second kappa shape index (κ2) is 9.11. The highest BCUT2D eigenvalue weighted by atomic mass is 19.4. The summed E-state index contributed by atoms with van der Waals surface area (Å²) < 4.78 is 82.0. The molecule has 0 spiro atoms. The predicted octanol–water partition coefficient (Wildman–Crippen LogP) is 6.02. The van der Waals surface area contributed by atoms with Crippen molar-refractivity contribution in [2.45, 2.75) is 64.5 Å². The summed E-state index contributed by atoms with van der Waals surface area (Å²) in [6.45, 7) is 8.38. The number of amides is 2. The Labute approximate surface area is 209 Å². The van der Waals surface area contributed by atoms with E-state index in [1.54, 1.807) is 32.0 Å². The molecule has 1 heterocycles. The predicted molar refractivity (Wildman–Crippen MR) is 127 cm³/mol. The van der Waals surface area contributed by atoms with Crippen LogP contribution in [0, 0.1) is 0 Å². The Morgan fingerprint density at radius 2 is 1.35 bits per heavy atom. The molecule has 3 rings (SSSR count). The van der Waals surface area contributed by atoms with E-state index in [9.17, 15) is 35.9 Å². The van der Waals surface area contributed by atoms with Gasteiger partial charge in [0.05, 0.1) is 16.5 Å². The lowest BCUT2D eigenvalue weighted by atomic mass is 9.82. The van der Waals surface area contributed by atoms with E-state index >= 15 is 0 Å². The van der Waals surface area contributed by atoms with Gasteiger partial charge in [-0.15, -0.1) is 0 Å². The average Bonchev–Trinajstić information content (AvgIpc) is 3.08. The van der Waals surface area contributed by atoms with Gasteiger partial charge in [-0.25, -0.2) is 0 Å². The van der Waals surface area contributed by atoms with Gasteiger partial charge in [0.1, 0.15) is 6.54 Å². The van der Waals surface area contributed by atoms with Crippen molar-refractivity contribution in [1.82, 2.24) is 9.88 Å². The maximum absolute atomic E-state index is 13.5. The van der Waals surface area contributed by atoms with Crippen molar-refractivity contribution in [1.29, 1.82) is 0 Å². The lowest BCUT2D eigenvalue weighted by Gasteiger charge is -2.30. The third kappa shape index (κ3) is 6.08. The van der Waals surface area contributed by atoms with Crippen molar-refractivity contribution in [2.75, 3.05) is 0 Å². The number of hydrogen-bond donors (Lipinski definition) is 2. The molecule has 0 radical (unpaired) electrons. The first-order valence-corrected chi connectivity index (χ1v) is 11.2. The van der Waals surface area contributed by atoms with Gasteiger partial charge in [-0.2, -0.15) is 26.3 Å². The number of hydrogen-bond acceptors (Lipinski definition) is 2. The lowest BCUT2D eigenvalue weighted by molar-refractivity contribution is -0.143. The lowest BCUT2D eigenvalue weighted by Crippen LogP contribution is -2.48. The van der Waals surface area contributed by atoms with Crippen molar-refractivity contribution >= 4 is 22.7 Å². The van der Waals surface area contributed by atoms with Crippen LogP contribution >= 0.6 is 0 Å². The molecule has 2 aromatic carbocycles. The number of aromatic nitrogens is 1. The number of benzene rings is 2. The van der Waals surface area contributed by atoms with E-state index < -0.39 is 46.9 Å². The van der Waals surface area contributed by atoms with Crippen LogP contribution in [0.15, 0.2) is 42.5 Å². The first-order chi connectivity index (χ1) is 16.7. The quantitative estimate of drug-likeness (QED) is 0.398. The molecule has 0 aliphatic rings. The molecule has 0 saturated heterocycles. The SMILES string of the molecule is CC(C)(C)NC(=O)C(C)(C)c1ccc2c(c1)cc(-c1cc(C(F)(F)F)cc(C(F)(F)F)c1)n2CC(N)=O. The highest BCUT2D eigenvalue weighted by Crippen LogP contribution is 2.40. The molecule has 0 atom stereocenters. The summed E-state index contributed by atoms with van der Waals surface area (Å²) in [5.41, 5.74) is 1.34. The zero-order valence-electron chi connectivity index (χ0n) is 20.9. The number of alkyl halides is 6. The summed E-state index contributed by atoms with van der Waals surface area (Å²) in [5, 5.41) is 3.31. The van der Waals surface area contributed by atoms with E-state index in [4.69, 9.17) is 5.73 Å². The second-order valence-corrected chi connectivity index (χ2v) is 10.5. The van der Waals surface area contributed by atoms with Crippen LogP contribution in [0.3, 0.4) is 0 Å². The number of carbonyl (C=O) groups is 2. The molecular weight excluding hydrogens is 500 g/mol. The Morgan fingerprint density at radius 1 is 0.811 bits per heavy atom. The van der Waals surface area contributed by atoms with Gasteiger partial charge in [0.25, 0.3) is 0 Å². The van der Waals surface area contributed by atoms with Crippen LogP contribution in [0.2, 0.25) is 0 Å². The van der Waals surface area contributed by atoms with Crippen LogP contribution < -0.4 is 11.1 Å². The number of nitrogens with two attached hydrogens (primary N) is 1. The van der Waals surface area contributed by atoms with Gasteiger partial charge in [0, 0.05) is 22.1 Å². The summed E-state index contributed by atoms with van der Waals surface area (Å²) >= 11 is 0. The van der Waals surface area contributed by atoms with Crippen LogP contribution in [0.4, 0.5) is 26.3 Å². The Balaban J connectivity index is 2.26. The van der Waals surface area contributed by atoms with Crippen molar-refractivity contribution in [3.8, 4) is 11.3 Å². The minimum absolute atomic E-state index is 0.0407. The minimum Gasteiger partial charge on any atom is -0.368 e. The molecular formula is C26H27F6N3O2. The Morgan fingerprint density at radius 3 is 1.81 bits per heavy atom. The molecule has 0 fully saturated rings. The topological polar surface area (TPSA) is 77.1 Å². The van der Waals surface area contributed by atoms with Crippen molar-refractivity contribution in [2.24, 2.45) is 5.73 Å². The van der Waals surface area contributed by atoms with Gasteiger partial charge in [0.2, 0.25) is 11.8 Å². The van der Waals surface area contributed by atoms with Crippen molar-refractivity contribution in [3.05, 3.63) is 59.2 Å². The molecule has 200 valence electrons. The van der Waals surface area contributed by atoms with Gasteiger partial charge in [0.15, 0.2) is 0 Å². The monoisotopic (exact) mass is 527 g/mol. The molecule has 0 aliphatic carbocycles. The summed E-state index contributed by atoms with van der Waals surface area (Å²) in [4.78, 5) is 24.7. The molecule has 3 N–H and O–H groups in total. The molecule has 0 unspecified atom stereocenters.